The van der Waals surface area contributed by atoms with E-state index in [1.54, 1.807) is 24.8 Å². The molecular formula is C16H14F3N7. The number of rotatable bonds is 2. The summed E-state index contributed by atoms with van der Waals surface area (Å²) in [5, 5.41) is 0.832. The summed E-state index contributed by atoms with van der Waals surface area (Å²) in [4.78, 5) is 19.8. The van der Waals surface area contributed by atoms with Gasteiger partial charge in [-0.2, -0.15) is 13.2 Å². The molecule has 0 amide bonds. The quantitative estimate of drug-likeness (QED) is 0.538. The van der Waals surface area contributed by atoms with Crippen LogP contribution in [-0.2, 0) is 0 Å². The second-order valence-electron chi connectivity index (χ2n) is 6.33. The molecule has 5 rings (SSSR count). The number of fused-ring (bicyclic) bond motifs is 3. The lowest BCUT2D eigenvalue weighted by Gasteiger charge is -2.20. The first kappa shape index (κ1) is 15.4. The minimum atomic E-state index is -4.33. The highest BCUT2D eigenvalue weighted by Gasteiger charge is 2.43. The molecule has 0 saturated carbocycles. The topological polar surface area (TPSA) is 78.4 Å². The third kappa shape index (κ3) is 2.22. The molecule has 5 heterocycles. The van der Waals surface area contributed by atoms with E-state index in [0.29, 0.717) is 34.1 Å². The predicted octanol–water partition coefficient (Wildman–Crippen LogP) is 3.07. The van der Waals surface area contributed by atoms with Gasteiger partial charge in [-0.1, -0.05) is 0 Å². The predicted molar refractivity (Wildman–Crippen MR) is 88.2 cm³/mol. The Morgan fingerprint density at radius 2 is 2.04 bits per heavy atom. The normalized spacial score (nSPS) is 19.1. The first-order valence-electron chi connectivity index (χ1n) is 8.18. The summed E-state index contributed by atoms with van der Waals surface area (Å²) in [6.45, 7) is -0.149. The van der Waals surface area contributed by atoms with E-state index in [0.717, 1.165) is 10.9 Å². The van der Waals surface area contributed by atoms with Gasteiger partial charge in [0.05, 0.1) is 17.8 Å². The van der Waals surface area contributed by atoms with Crippen LogP contribution in [-0.4, -0.2) is 53.8 Å². The fourth-order valence-corrected chi connectivity index (χ4v) is 3.69. The van der Waals surface area contributed by atoms with Crippen molar-refractivity contribution in [1.29, 1.82) is 0 Å². The van der Waals surface area contributed by atoms with Gasteiger partial charge in [0, 0.05) is 37.1 Å². The van der Waals surface area contributed by atoms with E-state index in [1.165, 1.54) is 0 Å². The van der Waals surface area contributed by atoms with E-state index in [-0.39, 0.29) is 19.1 Å². The van der Waals surface area contributed by atoms with Gasteiger partial charge < -0.3 is 14.5 Å². The maximum absolute atomic E-state index is 13.1. The number of hydrogen-bond acceptors (Lipinski definition) is 4. The Hall–Kier alpha value is -2.88. The summed E-state index contributed by atoms with van der Waals surface area (Å²) in [6.07, 6.45) is 2.71. The van der Waals surface area contributed by atoms with Gasteiger partial charge in [-0.3, -0.25) is 0 Å². The van der Waals surface area contributed by atoms with Crippen LogP contribution in [0.2, 0.25) is 0 Å². The van der Waals surface area contributed by atoms with Crippen molar-refractivity contribution in [1.82, 2.24) is 34.4 Å². The molecule has 1 unspecified atom stereocenters. The maximum atomic E-state index is 13.1. The zero-order valence-electron chi connectivity index (χ0n) is 13.5. The Labute approximate surface area is 144 Å². The van der Waals surface area contributed by atoms with Gasteiger partial charge >= 0.3 is 6.30 Å². The van der Waals surface area contributed by atoms with Crippen molar-refractivity contribution in [2.24, 2.45) is 0 Å². The minimum absolute atomic E-state index is 0.0349. The van der Waals surface area contributed by atoms with Crippen LogP contribution >= 0.6 is 0 Å². The Morgan fingerprint density at radius 3 is 2.77 bits per heavy atom. The molecule has 10 heteroatoms. The van der Waals surface area contributed by atoms with Crippen molar-refractivity contribution in [2.75, 3.05) is 13.1 Å². The summed E-state index contributed by atoms with van der Waals surface area (Å²) in [5.74, 6) is 1.05. The van der Waals surface area contributed by atoms with Crippen molar-refractivity contribution in [3.8, 4) is 11.6 Å². The Balaban J connectivity index is 1.74. The van der Waals surface area contributed by atoms with Gasteiger partial charge in [-0.15, -0.1) is 0 Å². The fraction of sp³-hybridized carbons (Fsp3) is 0.312. The number of nitrogens with zero attached hydrogens (tertiary/aromatic N) is 5. The third-order valence-corrected chi connectivity index (χ3v) is 4.83. The number of aromatic nitrogens is 6. The number of halogens is 3. The van der Waals surface area contributed by atoms with Crippen molar-refractivity contribution in [3.63, 3.8) is 0 Å². The number of likely N-dealkylation sites (tertiary alicyclic amines) is 1. The van der Waals surface area contributed by atoms with Crippen LogP contribution in [0.1, 0.15) is 12.5 Å². The van der Waals surface area contributed by atoms with E-state index in [2.05, 4.69) is 24.9 Å². The van der Waals surface area contributed by atoms with Gasteiger partial charge in [0.2, 0.25) is 0 Å². The van der Waals surface area contributed by atoms with Gasteiger partial charge in [0.25, 0.3) is 0 Å². The van der Waals surface area contributed by atoms with Crippen molar-refractivity contribution >= 4 is 22.1 Å². The monoisotopic (exact) mass is 361 g/mol. The standard InChI is InChI=1S/C16H14F3N7/c17-16(18,19)25-6-2-9(8-25)26-12-10-1-3-20-13(10)23-7-11(12)24-15(26)14-21-4-5-22-14/h1,3-5,7,9H,2,6,8H2,(H,20,23)(H,21,22). The van der Waals surface area contributed by atoms with Crippen LogP contribution in [0.4, 0.5) is 13.2 Å². The molecule has 1 atom stereocenters. The van der Waals surface area contributed by atoms with Crippen molar-refractivity contribution in [3.05, 3.63) is 30.9 Å². The molecule has 134 valence electrons. The smallest absolute Gasteiger partial charge is 0.346 e. The van der Waals surface area contributed by atoms with Crippen LogP contribution in [0.3, 0.4) is 0 Å². The van der Waals surface area contributed by atoms with Crippen LogP contribution in [0, 0.1) is 0 Å². The lowest BCUT2D eigenvalue weighted by Crippen LogP contribution is -2.36. The van der Waals surface area contributed by atoms with Crippen LogP contribution in [0.5, 0.6) is 0 Å². The first-order valence-corrected chi connectivity index (χ1v) is 8.18. The van der Waals surface area contributed by atoms with Crippen LogP contribution < -0.4 is 0 Å². The van der Waals surface area contributed by atoms with Crippen LogP contribution in [0.25, 0.3) is 33.7 Å². The van der Waals surface area contributed by atoms with Crippen molar-refractivity contribution in [2.45, 2.75) is 18.8 Å². The largest absolute Gasteiger partial charge is 0.459 e. The van der Waals surface area contributed by atoms with Crippen molar-refractivity contribution < 1.29 is 13.2 Å². The number of H-pyrrole nitrogens is 2. The fourth-order valence-electron chi connectivity index (χ4n) is 3.69. The SMILES string of the molecule is FC(F)(F)N1CCC(n2c(-c3ncc[nH]3)nc3cnc4[nH]ccc4c32)C1. The van der Waals surface area contributed by atoms with E-state index >= 15 is 0 Å². The molecule has 1 aliphatic heterocycles. The van der Waals surface area contributed by atoms with Gasteiger partial charge in [0.1, 0.15) is 11.2 Å². The van der Waals surface area contributed by atoms with E-state index in [9.17, 15) is 13.2 Å². The molecule has 0 bridgehead atoms. The minimum Gasteiger partial charge on any atom is -0.346 e. The summed E-state index contributed by atoms with van der Waals surface area (Å²) in [7, 11) is 0. The van der Waals surface area contributed by atoms with E-state index in [4.69, 9.17) is 0 Å². The summed E-state index contributed by atoms with van der Waals surface area (Å²) in [5.41, 5.74) is 2.08. The van der Waals surface area contributed by atoms with E-state index in [1.807, 2.05) is 10.6 Å². The summed E-state index contributed by atoms with van der Waals surface area (Å²) < 4.78 is 41.3. The first-order chi connectivity index (χ1) is 12.5. The average Bonchev–Trinajstić information content (AvgIpc) is 3.36. The molecule has 0 aliphatic carbocycles. The number of pyridine rings is 1. The number of aromatic amines is 2. The van der Waals surface area contributed by atoms with Crippen LogP contribution in [0.15, 0.2) is 30.9 Å². The highest BCUT2D eigenvalue weighted by molar-refractivity contribution is 6.02. The molecule has 4 aromatic rings. The molecule has 1 saturated heterocycles. The number of hydrogen-bond donors (Lipinski definition) is 2. The molecule has 26 heavy (non-hydrogen) atoms. The lowest BCUT2D eigenvalue weighted by molar-refractivity contribution is -0.238. The molecule has 1 fully saturated rings. The maximum Gasteiger partial charge on any atom is 0.459 e. The second kappa shape index (κ2) is 5.31. The highest BCUT2D eigenvalue weighted by Crippen LogP contribution is 2.37. The number of nitrogens with one attached hydrogen (secondary N) is 2. The summed E-state index contributed by atoms with van der Waals surface area (Å²) in [6, 6.07) is 1.51. The van der Waals surface area contributed by atoms with Gasteiger partial charge in [-0.25, -0.2) is 19.9 Å². The summed E-state index contributed by atoms with van der Waals surface area (Å²) >= 11 is 0. The Bertz CT molecular complexity index is 1080. The molecule has 4 aromatic heterocycles. The molecular weight excluding hydrogens is 347 g/mol. The molecule has 7 nitrogen and oxygen atoms in total. The molecule has 0 aromatic carbocycles. The zero-order valence-corrected chi connectivity index (χ0v) is 13.5. The number of alkyl halides is 3. The van der Waals surface area contributed by atoms with E-state index < -0.39 is 6.30 Å². The molecule has 0 radical (unpaired) electrons. The lowest BCUT2D eigenvalue weighted by atomic mass is 10.2. The molecule has 0 spiro atoms. The molecule has 2 N–H and O–H groups in total. The highest BCUT2D eigenvalue weighted by atomic mass is 19.4. The number of imidazole rings is 2. The van der Waals surface area contributed by atoms with Gasteiger partial charge in [0.15, 0.2) is 11.6 Å². The zero-order chi connectivity index (χ0) is 17.9. The van der Waals surface area contributed by atoms with Gasteiger partial charge in [-0.05, 0) is 12.5 Å². The Kier molecular flexibility index (Phi) is 3.14. The average molecular weight is 361 g/mol. The molecule has 1 aliphatic rings. The second-order valence-corrected chi connectivity index (χ2v) is 6.33. The third-order valence-electron chi connectivity index (χ3n) is 4.83. The Morgan fingerprint density at radius 1 is 1.15 bits per heavy atom.